The maximum atomic E-state index is 12.2. The molecule has 0 fully saturated rings. The van der Waals surface area contributed by atoms with Gasteiger partial charge in [0.1, 0.15) is 5.75 Å². The van der Waals surface area contributed by atoms with Crippen molar-refractivity contribution in [1.29, 1.82) is 0 Å². The van der Waals surface area contributed by atoms with Crippen molar-refractivity contribution in [3.8, 4) is 5.75 Å². The lowest BCUT2D eigenvalue weighted by molar-refractivity contribution is -0.118. The van der Waals surface area contributed by atoms with E-state index in [1.165, 1.54) is 5.56 Å². The average Bonchev–Trinajstić information content (AvgIpc) is 2.53. The van der Waals surface area contributed by atoms with E-state index in [4.69, 9.17) is 4.74 Å². The molecule has 26 heavy (non-hydrogen) atoms. The van der Waals surface area contributed by atoms with Gasteiger partial charge < -0.3 is 10.1 Å². The maximum absolute atomic E-state index is 12.2. The van der Waals surface area contributed by atoms with Gasteiger partial charge in [-0.05, 0) is 48.2 Å². The molecule has 2 N–H and O–H groups in total. The summed E-state index contributed by atoms with van der Waals surface area (Å²) in [4.78, 5) is 12.2. The quantitative estimate of drug-likeness (QED) is 0.774. The predicted molar refractivity (Wildman–Crippen MR) is 104 cm³/mol. The summed E-state index contributed by atoms with van der Waals surface area (Å²) in [5, 5.41) is 2.66. The molecule has 0 aliphatic carbocycles. The van der Waals surface area contributed by atoms with E-state index in [0.717, 1.165) is 11.8 Å². The van der Waals surface area contributed by atoms with E-state index < -0.39 is 10.0 Å². The van der Waals surface area contributed by atoms with Crippen LogP contribution in [0, 0.1) is 6.92 Å². The van der Waals surface area contributed by atoms with E-state index in [1.807, 2.05) is 25.1 Å². The molecule has 2 rings (SSSR count). The van der Waals surface area contributed by atoms with Crippen LogP contribution in [0.3, 0.4) is 0 Å². The van der Waals surface area contributed by atoms with E-state index >= 15 is 0 Å². The van der Waals surface area contributed by atoms with Crippen molar-refractivity contribution in [2.24, 2.45) is 0 Å². The highest BCUT2D eigenvalue weighted by Crippen LogP contribution is 2.24. The average molecular weight is 376 g/mol. The number of carbonyl (C=O) groups is 1. The zero-order valence-corrected chi connectivity index (χ0v) is 16.2. The number of aryl methyl sites for hydroxylation is 1. The first kappa shape index (κ1) is 19.8. The second-order valence-electron chi connectivity index (χ2n) is 6.43. The van der Waals surface area contributed by atoms with Gasteiger partial charge in [0.25, 0.3) is 5.91 Å². The lowest BCUT2D eigenvalue weighted by atomic mass is 9.98. The van der Waals surface area contributed by atoms with Gasteiger partial charge in [-0.25, -0.2) is 8.42 Å². The lowest BCUT2D eigenvalue weighted by Gasteiger charge is -2.14. The number of nitrogens with one attached hydrogen (secondary N) is 2. The van der Waals surface area contributed by atoms with E-state index in [2.05, 4.69) is 23.9 Å². The molecule has 140 valence electrons. The molecular formula is C19H24N2O4S. The number of hydrogen-bond acceptors (Lipinski definition) is 4. The van der Waals surface area contributed by atoms with Crippen LogP contribution < -0.4 is 14.8 Å². The van der Waals surface area contributed by atoms with Crippen LogP contribution in [0.1, 0.15) is 30.9 Å². The first-order valence-electron chi connectivity index (χ1n) is 8.25. The normalized spacial score (nSPS) is 11.3. The van der Waals surface area contributed by atoms with Crippen LogP contribution in [0.25, 0.3) is 0 Å². The third kappa shape index (κ3) is 5.77. The molecule has 2 aromatic carbocycles. The summed E-state index contributed by atoms with van der Waals surface area (Å²) in [5.74, 6) is 0.661. The number of benzene rings is 2. The minimum Gasteiger partial charge on any atom is -0.484 e. The van der Waals surface area contributed by atoms with Crippen LogP contribution in [0.15, 0.2) is 42.5 Å². The SMILES string of the molecule is Cc1cc(OCC(=O)Nc2ccccc2NS(C)(=O)=O)ccc1C(C)C. The molecule has 0 aliphatic rings. The number of para-hydroxylation sites is 2. The molecule has 0 aromatic heterocycles. The lowest BCUT2D eigenvalue weighted by Crippen LogP contribution is -2.21. The van der Waals surface area contributed by atoms with Crippen molar-refractivity contribution < 1.29 is 17.9 Å². The number of amides is 1. The van der Waals surface area contributed by atoms with Gasteiger partial charge in [0, 0.05) is 0 Å². The first-order valence-corrected chi connectivity index (χ1v) is 10.1. The van der Waals surface area contributed by atoms with Crippen molar-refractivity contribution in [2.75, 3.05) is 22.9 Å². The number of hydrogen-bond donors (Lipinski definition) is 2. The zero-order chi connectivity index (χ0) is 19.3. The molecule has 0 bridgehead atoms. The summed E-state index contributed by atoms with van der Waals surface area (Å²) in [6.07, 6.45) is 1.05. The van der Waals surface area contributed by atoms with Crippen LogP contribution in [0.4, 0.5) is 11.4 Å². The summed E-state index contributed by atoms with van der Waals surface area (Å²) >= 11 is 0. The van der Waals surface area contributed by atoms with Gasteiger partial charge >= 0.3 is 0 Å². The second-order valence-corrected chi connectivity index (χ2v) is 8.18. The fourth-order valence-corrected chi connectivity index (χ4v) is 3.18. The number of ether oxygens (including phenoxy) is 1. The summed E-state index contributed by atoms with van der Waals surface area (Å²) in [7, 11) is -3.44. The Labute approximate surface area is 154 Å². The highest BCUT2D eigenvalue weighted by atomic mass is 32.2. The highest BCUT2D eigenvalue weighted by Gasteiger charge is 2.11. The molecule has 0 heterocycles. The molecule has 0 unspecified atom stereocenters. The summed E-state index contributed by atoms with van der Waals surface area (Å²) in [5.41, 5.74) is 3.03. The van der Waals surface area contributed by atoms with E-state index in [1.54, 1.807) is 24.3 Å². The topological polar surface area (TPSA) is 84.5 Å². The van der Waals surface area contributed by atoms with Crippen LogP contribution in [0.5, 0.6) is 5.75 Å². The van der Waals surface area contributed by atoms with Gasteiger partial charge in [-0.1, -0.05) is 32.0 Å². The Bertz CT molecular complexity index is 892. The standard InChI is InChI=1S/C19H24N2O4S/c1-13(2)16-10-9-15(11-14(16)3)25-12-19(22)20-17-7-5-6-8-18(17)21-26(4,23)24/h5-11,13,21H,12H2,1-4H3,(H,20,22). The fraction of sp³-hybridized carbons (Fsp3) is 0.316. The minimum atomic E-state index is -3.44. The Morgan fingerprint density at radius 3 is 2.35 bits per heavy atom. The van der Waals surface area contributed by atoms with Gasteiger partial charge in [-0.15, -0.1) is 0 Å². The third-order valence-electron chi connectivity index (χ3n) is 3.73. The van der Waals surface area contributed by atoms with Crippen LogP contribution in [-0.4, -0.2) is 27.2 Å². The van der Waals surface area contributed by atoms with Crippen LogP contribution in [0.2, 0.25) is 0 Å². The van der Waals surface area contributed by atoms with Crippen molar-refractivity contribution in [2.45, 2.75) is 26.7 Å². The number of rotatable bonds is 7. The Morgan fingerprint density at radius 2 is 1.77 bits per heavy atom. The van der Waals surface area contributed by atoms with Gasteiger partial charge in [-0.2, -0.15) is 0 Å². The number of sulfonamides is 1. The van der Waals surface area contributed by atoms with Crippen molar-refractivity contribution in [1.82, 2.24) is 0 Å². The smallest absolute Gasteiger partial charge is 0.262 e. The summed E-state index contributed by atoms with van der Waals surface area (Å²) in [6, 6.07) is 12.3. The minimum absolute atomic E-state index is 0.173. The van der Waals surface area contributed by atoms with Crippen LogP contribution in [-0.2, 0) is 14.8 Å². The molecule has 0 radical (unpaired) electrons. The van der Waals surface area contributed by atoms with E-state index in [0.29, 0.717) is 23.0 Å². The van der Waals surface area contributed by atoms with Crippen molar-refractivity contribution in [3.05, 3.63) is 53.6 Å². The van der Waals surface area contributed by atoms with E-state index in [-0.39, 0.29) is 12.5 Å². The third-order valence-corrected chi connectivity index (χ3v) is 4.32. The Morgan fingerprint density at radius 1 is 1.12 bits per heavy atom. The maximum Gasteiger partial charge on any atom is 0.262 e. The molecule has 0 saturated heterocycles. The second kappa shape index (κ2) is 8.23. The molecule has 0 spiro atoms. The van der Waals surface area contributed by atoms with Gasteiger partial charge in [0.05, 0.1) is 17.6 Å². The predicted octanol–water partition coefficient (Wildman–Crippen LogP) is 3.51. The molecular weight excluding hydrogens is 352 g/mol. The van der Waals surface area contributed by atoms with Gasteiger partial charge in [0.15, 0.2) is 6.61 Å². The molecule has 0 aliphatic heterocycles. The largest absolute Gasteiger partial charge is 0.484 e. The monoisotopic (exact) mass is 376 g/mol. The molecule has 0 saturated carbocycles. The highest BCUT2D eigenvalue weighted by molar-refractivity contribution is 7.92. The number of anilines is 2. The molecule has 0 atom stereocenters. The summed E-state index contributed by atoms with van der Waals surface area (Å²) in [6.45, 7) is 6.08. The Hall–Kier alpha value is -2.54. The Kier molecular flexibility index (Phi) is 6.26. The van der Waals surface area contributed by atoms with Gasteiger partial charge in [0.2, 0.25) is 10.0 Å². The Balaban J connectivity index is 2.01. The van der Waals surface area contributed by atoms with Crippen molar-refractivity contribution >= 4 is 27.3 Å². The molecule has 6 nitrogen and oxygen atoms in total. The van der Waals surface area contributed by atoms with Crippen LogP contribution >= 0.6 is 0 Å². The molecule has 1 amide bonds. The number of carbonyl (C=O) groups excluding carboxylic acids is 1. The van der Waals surface area contributed by atoms with E-state index in [9.17, 15) is 13.2 Å². The molecule has 7 heteroatoms. The summed E-state index contributed by atoms with van der Waals surface area (Å²) < 4.78 is 30.7. The molecule has 2 aromatic rings. The fourth-order valence-electron chi connectivity index (χ4n) is 2.60. The van der Waals surface area contributed by atoms with Crippen molar-refractivity contribution in [3.63, 3.8) is 0 Å². The zero-order valence-electron chi connectivity index (χ0n) is 15.4. The van der Waals surface area contributed by atoms with Gasteiger partial charge in [-0.3, -0.25) is 9.52 Å². The first-order chi connectivity index (χ1) is 12.2.